The number of aliphatic hydroxyl groups excluding tert-OH is 1. The van der Waals surface area contributed by atoms with Crippen LogP contribution in [-0.4, -0.2) is 21.2 Å². The van der Waals surface area contributed by atoms with E-state index in [9.17, 15) is 19.5 Å². The van der Waals surface area contributed by atoms with Crippen LogP contribution in [0.5, 0.6) is 5.75 Å². The van der Waals surface area contributed by atoms with Gasteiger partial charge in [-0.05, 0) is 45.3 Å². The van der Waals surface area contributed by atoms with E-state index in [0.717, 1.165) is 32.3 Å². The van der Waals surface area contributed by atoms with Gasteiger partial charge >= 0.3 is 7.60 Å². The number of ether oxygens (including phenoxy) is 1. The zero-order chi connectivity index (χ0) is 17.8. The second-order valence-corrected chi connectivity index (χ2v) is 7.89. The first-order valence-corrected chi connectivity index (χ1v) is 9.72. The largest absolute Gasteiger partial charge is 0.465 e. The van der Waals surface area contributed by atoms with Crippen molar-refractivity contribution in [3.05, 3.63) is 54.1 Å². The molecule has 0 spiro atoms. The molecule has 4 aromatic carbocycles. The fourth-order valence-corrected chi connectivity index (χ4v) is 4.24. The van der Waals surface area contributed by atoms with Gasteiger partial charge in [-0.25, -0.2) is 0 Å². The minimum absolute atomic E-state index is 0.296. The van der Waals surface area contributed by atoms with Gasteiger partial charge in [0.15, 0.2) is 6.29 Å². The highest BCUT2D eigenvalue weighted by Gasteiger charge is 2.23. The molecular formula is C19H17O5P. The van der Waals surface area contributed by atoms with Crippen LogP contribution >= 0.6 is 7.60 Å². The number of benzene rings is 4. The molecule has 0 fully saturated rings. The van der Waals surface area contributed by atoms with E-state index < -0.39 is 20.0 Å². The Kier molecular flexibility index (Phi) is 3.71. The van der Waals surface area contributed by atoms with Crippen LogP contribution in [0.2, 0.25) is 0 Å². The fourth-order valence-electron chi connectivity index (χ4n) is 3.50. The molecule has 0 amide bonds. The molecule has 6 heteroatoms. The van der Waals surface area contributed by atoms with Crippen LogP contribution in [0.1, 0.15) is 12.5 Å². The van der Waals surface area contributed by atoms with Crippen molar-refractivity contribution >= 4 is 39.9 Å². The third-order valence-electron chi connectivity index (χ3n) is 4.38. The predicted octanol–water partition coefficient (Wildman–Crippen LogP) is 3.98. The molecule has 0 heterocycles. The van der Waals surface area contributed by atoms with E-state index in [-0.39, 0.29) is 0 Å². The van der Waals surface area contributed by atoms with Gasteiger partial charge in [0, 0.05) is 5.56 Å². The number of aliphatic hydroxyl groups is 1. The van der Waals surface area contributed by atoms with E-state index in [2.05, 4.69) is 0 Å². The summed E-state index contributed by atoms with van der Waals surface area (Å²) >= 11 is 0. The van der Waals surface area contributed by atoms with Gasteiger partial charge in [-0.3, -0.25) is 4.57 Å². The summed E-state index contributed by atoms with van der Waals surface area (Å²) in [6, 6.07) is 15.5. The maximum absolute atomic E-state index is 11.7. The summed E-state index contributed by atoms with van der Waals surface area (Å²) in [5.41, 5.74) is 0.417. The second-order valence-electron chi connectivity index (χ2n) is 6.25. The number of rotatable bonds is 4. The Balaban J connectivity index is 2.15. The quantitative estimate of drug-likeness (QED) is 0.292. The molecule has 0 saturated carbocycles. The summed E-state index contributed by atoms with van der Waals surface area (Å²) in [6.07, 6.45) is -1.52. The van der Waals surface area contributed by atoms with Crippen LogP contribution < -0.4 is 4.74 Å². The van der Waals surface area contributed by atoms with E-state index in [1.807, 2.05) is 42.5 Å². The third-order valence-corrected chi connectivity index (χ3v) is 5.11. The summed E-state index contributed by atoms with van der Waals surface area (Å²) in [6.45, 7) is 1.46. The lowest BCUT2D eigenvalue weighted by atomic mass is 9.92. The van der Waals surface area contributed by atoms with Gasteiger partial charge in [0.2, 0.25) is 0 Å². The highest BCUT2D eigenvalue weighted by Crippen LogP contribution is 2.47. The fraction of sp³-hybridized carbons (Fsp3) is 0.158. The third kappa shape index (κ3) is 2.86. The molecule has 0 aliphatic carbocycles. The molecule has 128 valence electrons. The maximum Gasteiger partial charge on any atom is 0.330 e. The van der Waals surface area contributed by atoms with Crippen molar-refractivity contribution in [1.82, 2.24) is 0 Å². The Morgan fingerprint density at radius 2 is 1.64 bits per heavy atom. The Bertz CT molecular complexity index is 1110. The molecular weight excluding hydrogens is 339 g/mol. The summed E-state index contributed by atoms with van der Waals surface area (Å²) in [5.74, 6) is 0.296. The highest BCUT2D eigenvalue weighted by molar-refractivity contribution is 7.50. The van der Waals surface area contributed by atoms with Gasteiger partial charge < -0.3 is 19.6 Å². The summed E-state index contributed by atoms with van der Waals surface area (Å²) in [4.78, 5) is 19.0. The summed E-state index contributed by atoms with van der Waals surface area (Å²) in [7, 11) is -4.31. The molecule has 5 nitrogen and oxygen atoms in total. The Morgan fingerprint density at radius 3 is 2.28 bits per heavy atom. The summed E-state index contributed by atoms with van der Waals surface area (Å²) in [5, 5.41) is 15.4. The molecule has 0 radical (unpaired) electrons. The first-order chi connectivity index (χ1) is 11.8. The maximum atomic E-state index is 11.7. The molecule has 0 saturated heterocycles. The lowest BCUT2D eigenvalue weighted by Gasteiger charge is -2.19. The number of hydrogen-bond donors (Lipinski definition) is 3. The first-order valence-electron chi connectivity index (χ1n) is 7.92. The monoisotopic (exact) mass is 356 g/mol. The van der Waals surface area contributed by atoms with Crippen molar-refractivity contribution in [1.29, 1.82) is 0 Å². The van der Waals surface area contributed by atoms with Crippen molar-refractivity contribution in [2.45, 2.75) is 19.4 Å². The van der Waals surface area contributed by atoms with Gasteiger partial charge in [0.05, 0.1) is 6.16 Å². The van der Waals surface area contributed by atoms with Crippen LogP contribution in [0.25, 0.3) is 32.3 Å². The zero-order valence-corrected chi connectivity index (χ0v) is 14.4. The van der Waals surface area contributed by atoms with Crippen LogP contribution in [0, 0.1) is 0 Å². The van der Waals surface area contributed by atoms with E-state index in [1.165, 1.54) is 6.92 Å². The standard InChI is InChI=1S/C19H17O5P/c1-11(20)24-17-9-14-6-5-12-3-2-4-13-7-8-15(19(14)18(12)13)16(17)10-25(21,22)23/h2-9,11,20H,10H2,1H3,(H2,21,22,23). The predicted molar refractivity (Wildman–Crippen MR) is 98.2 cm³/mol. The Hall–Kier alpha value is -2.17. The van der Waals surface area contributed by atoms with Crippen LogP contribution in [0.3, 0.4) is 0 Å². The van der Waals surface area contributed by atoms with Crippen molar-refractivity contribution in [3.63, 3.8) is 0 Å². The minimum Gasteiger partial charge on any atom is -0.465 e. The van der Waals surface area contributed by atoms with E-state index in [4.69, 9.17) is 4.74 Å². The zero-order valence-electron chi connectivity index (χ0n) is 13.5. The molecule has 0 bridgehead atoms. The molecule has 4 aromatic rings. The minimum atomic E-state index is -4.31. The van der Waals surface area contributed by atoms with Gasteiger partial charge in [-0.2, -0.15) is 0 Å². The SMILES string of the molecule is CC(O)Oc1cc2ccc3cccc4ccc(c1CP(=O)(O)O)c2c34. The molecule has 0 aliphatic rings. The lowest BCUT2D eigenvalue weighted by Crippen LogP contribution is -2.11. The molecule has 1 unspecified atom stereocenters. The molecule has 1 atom stereocenters. The molecule has 0 aromatic heterocycles. The van der Waals surface area contributed by atoms with Gasteiger partial charge in [-0.15, -0.1) is 0 Å². The molecule has 25 heavy (non-hydrogen) atoms. The van der Waals surface area contributed by atoms with E-state index in [0.29, 0.717) is 11.3 Å². The second kappa shape index (κ2) is 5.68. The number of hydrogen-bond acceptors (Lipinski definition) is 3. The van der Waals surface area contributed by atoms with Crippen LogP contribution in [-0.2, 0) is 10.7 Å². The first kappa shape index (κ1) is 16.3. The van der Waals surface area contributed by atoms with Crippen LogP contribution in [0.15, 0.2) is 48.5 Å². The smallest absolute Gasteiger partial charge is 0.330 e. The van der Waals surface area contributed by atoms with Gasteiger partial charge in [0.25, 0.3) is 0 Å². The van der Waals surface area contributed by atoms with Crippen LogP contribution in [0.4, 0.5) is 0 Å². The van der Waals surface area contributed by atoms with E-state index >= 15 is 0 Å². The van der Waals surface area contributed by atoms with Crippen molar-refractivity contribution in [2.75, 3.05) is 0 Å². The Labute approximate surface area is 144 Å². The normalized spacial score (nSPS) is 13.8. The Morgan fingerprint density at radius 1 is 1.00 bits per heavy atom. The molecule has 4 rings (SSSR count). The van der Waals surface area contributed by atoms with E-state index in [1.54, 1.807) is 6.07 Å². The summed E-state index contributed by atoms with van der Waals surface area (Å²) < 4.78 is 17.1. The van der Waals surface area contributed by atoms with Crippen molar-refractivity contribution in [3.8, 4) is 5.75 Å². The lowest BCUT2D eigenvalue weighted by molar-refractivity contribution is -0.000711. The van der Waals surface area contributed by atoms with Gasteiger partial charge in [-0.1, -0.05) is 42.5 Å². The van der Waals surface area contributed by atoms with Crippen molar-refractivity contribution in [2.24, 2.45) is 0 Å². The average Bonchev–Trinajstić information content (AvgIpc) is 2.53. The van der Waals surface area contributed by atoms with Gasteiger partial charge in [0.1, 0.15) is 5.75 Å². The molecule has 3 N–H and O–H groups in total. The average molecular weight is 356 g/mol. The highest BCUT2D eigenvalue weighted by atomic mass is 31.2. The topological polar surface area (TPSA) is 87.0 Å². The molecule has 0 aliphatic heterocycles. The van der Waals surface area contributed by atoms with Crippen molar-refractivity contribution < 1.29 is 24.2 Å².